The molecule has 0 amide bonds. The molecule has 0 heterocycles. The summed E-state index contributed by atoms with van der Waals surface area (Å²) in [7, 11) is 0. The lowest BCUT2D eigenvalue weighted by molar-refractivity contribution is -0.148. The lowest BCUT2D eigenvalue weighted by Gasteiger charge is -2.35. The summed E-state index contributed by atoms with van der Waals surface area (Å²) in [4.78, 5) is 11.2. The molecule has 1 rings (SSSR count). The molecule has 1 aliphatic carbocycles. The Balaban J connectivity index is 2.53. The molecule has 0 aromatic carbocycles. The van der Waals surface area contributed by atoms with Crippen molar-refractivity contribution in [3.8, 4) is 0 Å². The van der Waals surface area contributed by atoms with Gasteiger partial charge in [0, 0.05) is 6.08 Å². The van der Waals surface area contributed by atoms with Gasteiger partial charge in [-0.05, 0) is 37.0 Å². The molecule has 0 radical (unpaired) electrons. The maximum atomic E-state index is 11.2. The van der Waals surface area contributed by atoms with Gasteiger partial charge < -0.3 is 4.74 Å². The van der Waals surface area contributed by atoms with Crippen LogP contribution in [-0.2, 0) is 9.53 Å². The van der Waals surface area contributed by atoms with Gasteiger partial charge in [0.1, 0.15) is 6.10 Å². The first-order valence-corrected chi connectivity index (χ1v) is 5.87. The van der Waals surface area contributed by atoms with Crippen molar-refractivity contribution in [3.63, 3.8) is 0 Å². The van der Waals surface area contributed by atoms with Crippen LogP contribution >= 0.6 is 0 Å². The van der Waals surface area contributed by atoms with Gasteiger partial charge in [-0.2, -0.15) is 0 Å². The average molecular weight is 210 g/mol. The summed E-state index contributed by atoms with van der Waals surface area (Å²) in [6.07, 6.45) is 4.79. The van der Waals surface area contributed by atoms with Crippen molar-refractivity contribution in [1.82, 2.24) is 0 Å². The molecule has 2 nitrogen and oxygen atoms in total. The number of carbonyl (C=O) groups excluding carboxylic acids is 1. The van der Waals surface area contributed by atoms with Crippen LogP contribution in [0.1, 0.15) is 40.0 Å². The SMILES string of the molecule is C=CC(=O)OC1CC(C(C)C)CCC1C. The number of hydrogen-bond donors (Lipinski definition) is 0. The average Bonchev–Trinajstić information content (AvgIpc) is 2.20. The van der Waals surface area contributed by atoms with E-state index in [0.29, 0.717) is 17.8 Å². The Labute approximate surface area is 92.7 Å². The van der Waals surface area contributed by atoms with E-state index >= 15 is 0 Å². The lowest BCUT2D eigenvalue weighted by Crippen LogP contribution is -2.33. The van der Waals surface area contributed by atoms with Crippen molar-refractivity contribution in [2.45, 2.75) is 46.1 Å². The Kier molecular flexibility index (Phi) is 4.37. The van der Waals surface area contributed by atoms with Gasteiger partial charge in [-0.15, -0.1) is 0 Å². The molecule has 0 spiro atoms. The summed E-state index contributed by atoms with van der Waals surface area (Å²) in [6, 6.07) is 0. The zero-order valence-corrected chi connectivity index (χ0v) is 10.0. The number of esters is 1. The highest BCUT2D eigenvalue weighted by Crippen LogP contribution is 2.34. The normalized spacial score (nSPS) is 31.3. The number of carbonyl (C=O) groups is 1. The Hall–Kier alpha value is -0.790. The molecule has 0 N–H and O–H groups in total. The predicted molar refractivity (Wildman–Crippen MR) is 61.4 cm³/mol. The highest BCUT2D eigenvalue weighted by atomic mass is 16.5. The summed E-state index contributed by atoms with van der Waals surface area (Å²) >= 11 is 0. The van der Waals surface area contributed by atoms with E-state index in [-0.39, 0.29) is 12.1 Å². The van der Waals surface area contributed by atoms with E-state index in [9.17, 15) is 4.79 Å². The number of ether oxygens (including phenoxy) is 1. The van der Waals surface area contributed by atoms with Crippen LogP contribution in [-0.4, -0.2) is 12.1 Å². The van der Waals surface area contributed by atoms with Crippen LogP contribution in [0.5, 0.6) is 0 Å². The summed E-state index contributed by atoms with van der Waals surface area (Å²) in [5.41, 5.74) is 0. The van der Waals surface area contributed by atoms with Crippen LogP contribution in [0.25, 0.3) is 0 Å². The van der Waals surface area contributed by atoms with Crippen LogP contribution < -0.4 is 0 Å². The third kappa shape index (κ3) is 3.37. The van der Waals surface area contributed by atoms with E-state index in [1.54, 1.807) is 0 Å². The smallest absolute Gasteiger partial charge is 0.330 e. The van der Waals surface area contributed by atoms with Gasteiger partial charge in [-0.3, -0.25) is 0 Å². The largest absolute Gasteiger partial charge is 0.459 e. The molecular weight excluding hydrogens is 188 g/mol. The molecule has 1 aliphatic rings. The molecule has 0 saturated heterocycles. The van der Waals surface area contributed by atoms with Gasteiger partial charge in [0.25, 0.3) is 0 Å². The molecule has 86 valence electrons. The second kappa shape index (κ2) is 5.34. The first-order valence-electron chi connectivity index (χ1n) is 5.87. The van der Waals surface area contributed by atoms with E-state index in [1.807, 2.05) is 0 Å². The van der Waals surface area contributed by atoms with Crippen molar-refractivity contribution >= 4 is 5.97 Å². The molecule has 0 aliphatic heterocycles. The first kappa shape index (κ1) is 12.3. The van der Waals surface area contributed by atoms with E-state index in [4.69, 9.17) is 4.74 Å². The Morgan fingerprint density at radius 3 is 2.67 bits per heavy atom. The quantitative estimate of drug-likeness (QED) is 0.528. The fourth-order valence-electron chi connectivity index (χ4n) is 2.28. The van der Waals surface area contributed by atoms with Crippen LogP contribution in [0.4, 0.5) is 0 Å². The zero-order chi connectivity index (χ0) is 11.4. The van der Waals surface area contributed by atoms with E-state index in [0.717, 1.165) is 12.8 Å². The minimum Gasteiger partial charge on any atom is -0.459 e. The third-order valence-corrected chi connectivity index (χ3v) is 3.54. The van der Waals surface area contributed by atoms with Crippen LogP contribution in [0.15, 0.2) is 12.7 Å². The maximum absolute atomic E-state index is 11.2. The summed E-state index contributed by atoms with van der Waals surface area (Å²) in [5.74, 6) is 1.59. The molecule has 3 atom stereocenters. The zero-order valence-electron chi connectivity index (χ0n) is 10.0. The van der Waals surface area contributed by atoms with Crippen molar-refractivity contribution < 1.29 is 9.53 Å². The second-order valence-electron chi connectivity index (χ2n) is 4.97. The first-order chi connectivity index (χ1) is 7.04. The Morgan fingerprint density at radius 1 is 1.47 bits per heavy atom. The van der Waals surface area contributed by atoms with Crippen LogP contribution in [0, 0.1) is 17.8 Å². The van der Waals surface area contributed by atoms with E-state index in [2.05, 4.69) is 27.4 Å². The number of hydrogen-bond acceptors (Lipinski definition) is 2. The van der Waals surface area contributed by atoms with Gasteiger partial charge in [0.15, 0.2) is 0 Å². The topological polar surface area (TPSA) is 26.3 Å². The Morgan fingerprint density at radius 2 is 2.13 bits per heavy atom. The third-order valence-electron chi connectivity index (χ3n) is 3.54. The highest BCUT2D eigenvalue weighted by Gasteiger charge is 2.31. The number of rotatable bonds is 3. The van der Waals surface area contributed by atoms with Gasteiger partial charge in [-0.1, -0.05) is 27.4 Å². The summed E-state index contributed by atoms with van der Waals surface area (Å²) in [5, 5.41) is 0. The van der Waals surface area contributed by atoms with Crippen molar-refractivity contribution in [3.05, 3.63) is 12.7 Å². The minimum atomic E-state index is -0.281. The van der Waals surface area contributed by atoms with Crippen molar-refractivity contribution in [2.75, 3.05) is 0 Å². The molecule has 0 aromatic rings. The van der Waals surface area contributed by atoms with Gasteiger partial charge >= 0.3 is 5.97 Å². The Bertz CT molecular complexity index is 233. The van der Waals surface area contributed by atoms with E-state index < -0.39 is 0 Å². The molecule has 1 saturated carbocycles. The van der Waals surface area contributed by atoms with Crippen molar-refractivity contribution in [1.29, 1.82) is 0 Å². The molecule has 0 aromatic heterocycles. The standard InChI is InChI=1S/C13H22O2/c1-5-13(14)15-12-8-11(9(2)3)7-6-10(12)4/h5,9-12H,1,6-8H2,2-4H3. The molecule has 0 bridgehead atoms. The highest BCUT2D eigenvalue weighted by molar-refractivity contribution is 5.81. The lowest BCUT2D eigenvalue weighted by atomic mass is 9.76. The van der Waals surface area contributed by atoms with Crippen molar-refractivity contribution in [2.24, 2.45) is 17.8 Å². The van der Waals surface area contributed by atoms with Crippen LogP contribution in [0.2, 0.25) is 0 Å². The van der Waals surface area contributed by atoms with Gasteiger partial charge in [-0.25, -0.2) is 4.79 Å². The summed E-state index contributed by atoms with van der Waals surface area (Å²) in [6.45, 7) is 10.1. The molecule has 15 heavy (non-hydrogen) atoms. The molecule has 2 heteroatoms. The molecular formula is C13H22O2. The maximum Gasteiger partial charge on any atom is 0.330 e. The van der Waals surface area contributed by atoms with Gasteiger partial charge in [0.2, 0.25) is 0 Å². The van der Waals surface area contributed by atoms with Crippen LogP contribution in [0.3, 0.4) is 0 Å². The second-order valence-corrected chi connectivity index (χ2v) is 4.97. The fraction of sp³-hybridized carbons (Fsp3) is 0.769. The van der Waals surface area contributed by atoms with Gasteiger partial charge in [0.05, 0.1) is 0 Å². The minimum absolute atomic E-state index is 0.0941. The predicted octanol–water partition coefficient (Wildman–Crippen LogP) is 3.18. The fourth-order valence-corrected chi connectivity index (χ4v) is 2.28. The summed E-state index contributed by atoms with van der Waals surface area (Å²) < 4.78 is 5.38. The molecule has 3 unspecified atom stereocenters. The monoisotopic (exact) mass is 210 g/mol. The van der Waals surface area contributed by atoms with E-state index in [1.165, 1.54) is 12.5 Å². The molecule has 1 fully saturated rings.